The highest BCUT2D eigenvalue weighted by Crippen LogP contribution is 2.23. The van der Waals surface area contributed by atoms with Gasteiger partial charge in [-0.1, -0.05) is 25.8 Å². The van der Waals surface area contributed by atoms with Crippen molar-refractivity contribution >= 4 is 17.5 Å². The Morgan fingerprint density at radius 2 is 2.17 bits per heavy atom. The van der Waals surface area contributed by atoms with E-state index in [-0.39, 0.29) is 24.2 Å². The van der Waals surface area contributed by atoms with E-state index in [4.69, 9.17) is 4.74 Å². The first kappa shape index (κ1) is 15.5. The molecule has 1 saturated carbocycles. The smallest absolute Gasteiger partial charge is 0.359 e. The number of rotatable bonds is 4. The summed E-state index contributed by atoms with van der Waals surface area (Å²) in [6, 6.07) is 5.68. The summed E-state index contributed by atoms with van der Waals surface area (Å²) < 4.78 is 6.81. The topological polar surface area (TPSA) is 72.7 Å². The highest BCUT2D eigenvalue weighted by atomic mass is 16.5. The van der Waals surface area contributed by atoms with Crippen molar-refractivity contribution in [3.05, 3.63) is 36.3 Å². The summed E-state index contributed by atoms with van der Waals surface area (Å²) in [6.07, 6.45) is 7.88. The van der Waals surface area contributed by atoms with Crippen molar-refractivity contribution in [2.24, 2.45) is 5.92 Å². The lowest BCUT2D eigenvalue weighted by atomic mass is 9.86. The summed E-state index contributed by atoms with van der Waals surface area (Å²) in [7, 11) is 0. The van der Waals surface area contributed by atoms with Crippen LogP contribution in [0.2, 0.25) is 0 Å². The molecule has 0 spiro atoms. The van der Waals surface area contributed by atoms with Crippen LogP contribution < -0.4 is 5.32 Å². The van der Waals surface area contributed by atoms with Crippen LogP contribution in [0.15, 0.2) is 30.6 Å². The number of fused-ring (bicyclic) bond motifs is 1. The number of nitrogens with zero attached hydrogens (tertiary/aromatic N) is 2. The van der Waals surface area contributed by atoms with E-state index < -0.39 is 5.97 Å². The van der Waals surface area contributed by atoms with Crippen LogP contribution in [0.4, 0.5) is 0 Å². The highest BCUT2D eigenvalue weighted by molar-refractivity contribution is 5.90. The van der Waals surface area contributed by atoms with E-state index in [1.807, 2.05) is 12.1 Å². The minimum absolute atomic E-state index is 0.185. The molecule has 122 valence electrons. The second-order valence-electron chi connectivity index (χ2n) is 6.10. The van der Waals surface area contributed by atoms with Crippen molar-refractivity contribution in [1.29, 1.82) is 0 Å². The molecular weight excluding hydrogens is 294 g/mol. The minimum Gasteiger partial charge on any atom is -0.451 e. The van der Waals surface area contributed by atoms with Gasteiger partial charge in [0.1, 0.15) is 5.65 Å². The second-order valence-corrected chi connectivity index (χ2v) is 6.10. The Hall–Kier alpha value is -2.37. The summed E-state index contributed by atoms with van der Waals surface area (Å²) in [5.41, 5.74) is 0.870. The molecule has 0 aliphatic heterocycles. The molecule has 1 aliphatic rings. The van der Waals surface area contributed by atoms with Gasteiger partial charge in [-0.05, 0) is 30.9 Å². The minimum atomic E-state index is -0.583. The number of hydrogen-bond acceptors (Lipinski definition) is 4. The zero-order valence-corrected chi connectivity index (χ0v) is 13.2. The Morgan fingerprint density at radius 1 is 1.35 bits per heavy atom. The van der Waals surface area contributed by atoms with Crippen molar-refractivity contribution in [2.75, 3.05) is 6.61 Å². The van der Waals surface area contributed by atoms with E-state index in [9.17, 15) is 9.59 Å². The van der Waals surface area contributed by atoms with E-state index in [1.54, 1.807) is 22.9 Å². The summed E-state index contributed by atoms with van der Waals surface area (Å²) in [5, 5.41) is 2.96. The fraction of sp³-hybridized carbons (Fsp3) is 0.471. The molecule has 0 bridgehead atoms. The number of esters is 1. The van der Waals surface area contributed by atoms with Gasteiger partial charge in [0.05, 0.1) is 0 Å². The average Bonchev–Trinajstić information content (AvgIpc) is 2.99. The molecule has 2 aromatic rings. The summed E-state index contributed by atoms with van der Waals surface area (Å²) >= 11 is 0. The zero-order chi connectivity index (χ0) is 16.2. The van der Waals surface area contributed by atoms with Gasteiger partial charge in [0.25, 0.3) is 5.91 Å². The first-order valence-corrected chi connectivity index (χ1v) is 8.04. The molecule has 0 aromatic carbocycles. The number of ether oxygens (including phenoxy) is 1. The number of carbonyl (C=O) groups excluding carboxylic acids is 2. The van der Waals surface area contributed by atoms with Gasteiger partial charge in [-0.2, -0.15) is 0 Å². The Bertz CT molecular complexity index is 677. The number of hydrogen-bond donors (Lipinski definition) is 1. The average molecular weight is 315 g/mol. The molecule has 1 amide bonds. The standard InChI is InChI=1S/C17H21N3O3/c1-12-6-2-3-7-13(12)19-16(21)11-23-17(22)14-10-20-9-5-4-8-15(20)18-14/h4-5,8-10,12-13H,2-3,6-7,11H2,1H3,(H,19,21)/t12-,13+/m0/s1. The Labute approximate surface area is 134 Å². The van der Waals surface area contributed by atoms with Crippen molar-refractivity contribution < 1.29 is 14.3 Å². The lowest BCUT2D eigenvalue weighted by Crippen LogP contribution is -2.42. The Balaban J connectivity index is 1.52. The summed E-state index contributed by atoms with van der Waals surface area (Å²) in [6.45, 7) is 1.88. The van der Waals surface area contributed by atoms with Gasteiger partial charge in [0, 0.05) is 18.4 Å². The molecule has 6 nitrogen and oxygen atoms in total. The lowest BCUT2D eigenvalue weighted by molar-refractivity contribution is -0.125. The maximum atomic E-state index is 12.0. The van der Waals surface area contributed by atoms with Crippen molar-refractivity contribution in [3.8, 4) is 0 Å². The largest absolute Gasteiger partial charge is 0.451 e. The quantitative estimate of drug-likeness (QED) is 0.878. The Kier molecular flexibility index (Phi) is 4.60. The van der Waals surface area contributed by atoms with Crippen LogP contribution in [-0.2, 0) is 9.53 Å². The molecule has 1 aliphatic carbocycles. The fourth-order valence-corrected chi connectivity index (χ4v) is 3.02. The molecule has 2 atom stereocenters. The highest BCUT2D eigenvalue weighted by Gasteiger charge is 2.23. The van der Waals surface area contributed by atoms with E-state index in [2.05, 4.69) is 17.2 Å². The molecule has 2 aromatic heterocycles. The van der Waals surface area contributed by atoms with E-state index in [0.717, 1.165) is 19.3 Å². The maximum Gasteiger partial charge on any atom is 0.359 e. The molecule has 1 N–H and O–H groups in total. The van der Waals surface area contributed by atoms with Crippen LogP contribution in [0.5, 0.6) is 0 Å². The van der Waals surface area contributed by atoms with Gasteiger partial charge in [-0.25, -0.2) is 9.78 Å². The molecular formula is C17H21N3O3. The number of nitrogens with one attached hydrogen (secondary N) is 1. The van der Waals surface area contributed by atoms with Crippen LogP contribution in [0.25, 0.3) is 5.65 Å². The Morgan fingerprint density at radius 3 is 2.96 bits per heavy atom. The van der Waals surface area contributed by atoms with Gasteiger partial charge >= 0.3 is 5.97 Å². The van der Waals surface area contributed by atoms with Gasteiger partial charge in [-0.3, -0.25) is 4.79 Å². The summed E-state index contributed by atoms with van der Waals surface area (Å²) in [5.74, 6) is -0.358. The number of carbonyl (C=O) groups is 2. The third-order valence-corrected chi connectivity index (χ3v) is 4.37. The first-order valence-electron chi connectivity index (χ1n) is 8.04. The third-order valence-electron chi connectivity index (χ3n) is 4.37. The number of aromatic nitrogens is 2. The van der Waals surface area contributed by atoms with Crippen LogP contribution in [-0.4, -0.2) is 33.9 Å². The second kappa shape index (κ2) is 6.81. The van der Waals surface area contributed by atoms with Crippen molar-refractivity contribution in [2.45, 2.75) is 38.6 Å². The maximum absolute atomic E-state index is 12.0. The molecule has 3 rings (SSSR count). The van der Waals surface area contributed by atoms with Crippen LogP contribution in [0, 0.1) is 5.92 Å². The predicted molar refractivity (Wildman–Crippen MR) is 85.0 cm³/mol. The number of imidazole rings is 1. The lowest BCUT2D eigenvalue weighted by Gasteiger charge is -2.29. The van der Waals surface area contributed by atoms with E-state index in [1.165, 1.54) is 6.42 Å². The molecule has 0 unspecified atom stereocenters. The van der Waals surface area contributed by atoms with E-state index in [0.29, 0.717) is 11.6 Å². The van der Waals surface area contributed by atoms with Gasteiger partial charge < -0.3 is 14.5 Å². The molecule has 0 radical (unpaired) electrons. The van der Waals surface area contributed by atoms with Crippen molar-refractivity contribution in [3.63, 3.8) is 0 Å². The van der Waals surface area contributed by atoms with Gasteiger partial charge in [-0.15, -0.1) is 0 Å². The first-order chi connectivity index (χ1) is 11.1. The van der Waals surface area contributed by atoms with Crippen LogP contribution >= 0.6 is 0 Å². The monoisotopic (exact) mass is 315 g/mol. The molecule has 2 heterocycles. The van der Waals surface area contributed by atoms with Crippen LogP contribution in [0.1, 0.15) is 43.1 Å². The van der Waals surface area contributed by atoms with Gasteiger partial charge in [0.2, 0.25) is 0 Å². The molecule has 1 fully saturated rings. The third kappa shape index (κ3) is 3.70. The molecule has 6 heteroatoms. The zero-order valence-electron chi connectivity index (χ0n) is 13.2. The van der Waals surface area contributed by atoms with Gasteiger partial charge in [0.15, 0.2) is 12.3 Å². The molecule has 23 heavy (non-hydrogen) atoms. The number of amides is 1. The van der Waals surface area contributed by atoms with Crippen molar-refractivity contribution in [1.82, 2.24) is 14.7 Å². The number of pyridine rings is 1. The predicted octanol–water partition coefficient (Wildman–Crippen LogP) is 2.19. The van der Waals surface area contributed by atoms with Crippen LogP contribution in [0.3, 0.4) is 0 Å². The SMILES string of the molecule is C[C@H]1CCCC[C@H]1NC(=O)COC(=O)c1cn2ccccc2n1. The normalized spacial score (nSPS) is 21.1. The molecule has 0 saturated heterocycles. The summed E-state index contributed by atoms with van der Waals surface area (Å²) in [4.78, 5) is 28.1. The fourth-order valence-electron chi connectivity index (χ4n) is 3.02. The van der Waals surface area contributed by atoms with E-state index >= 15 is 0 Å².